The Morgan fingerprint density at radius 3 is 2.62 bits per heavy atom. The maximum atomic E-state index is 6.73. The molecule has 2 nitrogen and oxygen atoms in total. The van der Waals surface area contributed by atoms with E-state index in [0.717, 1.165) is 47.2 Å². The maximum Gasteiger partial charge on any atom is 0.126 e. The van der Waals surface area contributed by atoms with Gasteiger partial charge in [-0.25, -0.2) is 0 Å². The SMILES string of the molecule is CCOC1CC(CC(Cl)c2c(C)c(Br)cc(C)c2OC)C1. The molecule has 0 saturated heterocycles. The Morgan fingerprint density at radius 2 is 2.05 bits per heavy atom. The first kappa shape index (κ1) is 17.1. The first-order valence-corrected chi connectivity index (χ1v) is 8.80. The van der Waals surface area contributed by atoms with Gasteiger partial charge < -0.3 is 9.47 Å². The Balaban J connectivity index is 2.11. The third-order valence-electron chi connectivity index (χ3n) is 4.36. The number of halogens is 2. The molecule has 0 N–H and O–H groups in total. The maximum absolute atomic E-state index is 6.73. The van der Waals surface area contributed by atoms with Crippen LogP contribution in [0, 0.1) is 19.8 Å². The van der Waals surface area contributed by atoms with Crippen molar-refractivity contribution in [2.24, 2.45) is 5.92 Å². The number of rotatable bonds is 6. The van der Waals surface area contributed by atoms with Crippen LogP contribution in [0.2, 0.25) is 0 Å². The lowest BCUT2D eigenvalue weighted by Gasteiger charge is -2.36. The second kappa shape index (κ2) is 7.34. The van der Waals surface area contributed by atoms with Gasteiger partial charge in [-0.2, -0.15) is 0 Å². The lowest BCUT2D eigenvalue weighted by atomic mass is 9.78. The third kappa shape index (κ3) is 3.75. The van der Waals surface area contributed by atoms with Crippen LogP contribution in [0.3, 0.4) is 0 Å². The molecule has 4 heteroatoms. The van der Waals surface area contributed by atoms with Crippen LogP contribution in [0.15, 0.2) is 10.5 Å². The van der Waals surface area contributed by atoms with Crippen LogP contribution in [-0.4, -0.2) is 19.8 Å². The van der Waals surface area contributed by atoms with Crippen molar-refractivity contribution in [3.63, 3.8) is 0 Å². The predicted molar refractivity (Wildman–Crippen MR) is 91.5 cm³/mol. The molecule has 1 unspecified atom stereocenters. The highest BCUT2D eigenvalue weighted by Gasteiger charge is 2.32. The van der Waals surface area contributed by atoms with E-state index in [0.29, 0.717) is 12.0 Å². The van der Waals surface area contributed by atoms with Crippen LogP contribution in [0.25, 0.3) is 0 Å². The van der Waals surface area contributed by atoms with Crippen LogP contribution < -0.4 is 4.74 Å². The number of alkyl halides is 1. The van der Waals surface area contributed by atoms with Gasteiger partial charge in [0.1, 0.15) is 5.75 Å². The number of hydrogen-bond acceptors (Lipinski definition) is 2. The summed E-state index contributed by atoms with van der Waals surface area (Å²) < 4.78 is 12.3. The fraction of sp³-hybridized carbons (Fsp3) is 0.647. The molecule has 2 rings (SSSR count). The summed E-state index contributed by atoms with van der Waals surface area (Å²) in [6.45, 7) is 7.01. The summed E-state index contributed by atoms with van der Waals surface area (Å²) in [5.74, 6) is 1.59. The molecule has 0 amide bonds. The van der Waals surface area contributed by atoms with E-state index in [1.165, 1.54) is 5.56 Å². The smallest absolute Gasteiger partial charge is 0.126 e. The zero-order valence-electron chi connectivity index (χ0n) is 13.2. The topological polar surface area (TPSA) is 18.5 Å². The Labute approximate surface area is 141 Å². The molecule has 0 spiro atoms. The summed E-state index contributed by atoms with van der Waals surface area (Å²) in [6.07, 6.45) is 3.69. The van der Waals surface area contributed by atoms with Gasteiger partial charge in [0.25, 0.3) is 0 Å². The molecule has 0 aromatic heterocycles. The highest BCUT2D eigenvalue weighted by Crippen LogP contribution is 2.45. The van der Waals surface area contributed by atoms with Crippen LogP contribution >= 0.6 is 27.5 Å². The van der Waals surface area contributed by atoms with Crippen molar-refractivity contribution >= 4 is 27.5 Å². The Hall–Kier alpha value is -0.250. The summed E-state index contributed by atoms with van der Waals surface area (Å²) in [4.78, 5) is 0. The molecule has 0 radical (unpaired) electrons. The van der Waals surface area contributed by atoms with Gasteiger partial charge in [0.05, 0.1) is 18.6 Å². The highest BCUT2D eigenvalue weighted by molar-refractivity contribution is 9.10. The van der Waals surface area contributed by atoms with Crippen molar-refractivity contribution in [1.29, 1.82) is 0 Å². The second-order valence-corrected chi connectivity index (χ2v) is 7.25. The number of benzene rings is 1. The molecule has 1 aliphatic rings. The second-order valence-electron chi connectivity index (χ2n) is 5.87. The van der Waals surface area contributed by atoms with E-state index >= 15 is 0 Å². The van der Waals surface area contributed by atoms with Gasteiger partial charge in [-0.1, -0.05) is 15.9 Å². The molecule has 0 aliphatic heterocycles. The molecular weight excluding hydrogens is 352 g/mol. The molecule has 0 bridgehead atoms. The van der Waals surface area contributed by atoms with Crippen molar-refractivity contribution in [1.82, 2.24) is 0 Å². The van der Waals surface area contributed by atoms with E-state index in [4.69, 9.17) is 21.1 Å². The standard InChI is InChI=1S/C17H24BrClO2/c1-5-21-13-7-12(8-13)9-15(19)16-11(3)14(18)6-10(2)17(16)20-4/h6,12-13,15H,5,7-9H2,1-4H3. The fourth-order valence-electron chi connectivity index (χ4n) is 3.17. The molecule has 1 atom stereocenters. The van der Waals surface area contributed by atoms with Gasteiger partial charge >= 0.3 is 0 Å². The van der Waals surface area contributed by atoms with E-state index in [1.54, 1.807) is 7.11 Å². The van der Waals surface area contributed by atoms with E-state index in [1.807, 2.05) is 0 Å². The lowest BCUT2D eigenvalue weighted by Crippen LogP contribution is -2.32. The van der Waals surface area contributed by atoms with Crippen molar-refractivity contribution < 1.29 is 9.47 Å². The van der Waals surface area contributed by atoms with Crippen LogP contribution in [-0.2, 0) is 4.74 Å². The number of hydrogen-bond donors (Lipinski definition) is 0. The average Bonchev–Trinajstić information content (AvgIpc) is 2.39. The minimum Gasteiger partial charge on any atom is -0.496 e. The molecular formula is C17H24BrClO2. The molecule has 21 heavy (non-hydrogen) atoms. The largest absolute Gasteiger partial charge is 0.496 e. The average molecular weight is 376 g/mol. The molecule has 1 aliphatic carbocycles. The first-order valence-electron chi connectivity index (χ1n) is 7.57. The summed E-state index contributed by atoms with van der Waals surface area (Å²) in [5.41, 5.74) is 3.43. The molecule has 0 heterocycles. The van der Waals surface area contributed by atoms with Gasteiger partial charge in [-0.05, 0) is 63.1 Å². The van der Waals surface area contributed by atoms with Crippen LogP contribution in [0.5, 0.6) is 5.75 Å². The summed E-state index contributed by atoms with van der Waals surface area (Å²) in [5, 5.41) is -0.0104. The van der Waals surface area contributed by atoms with Gasteiger partial charge in [0, 0.05) is 16.6 Å². The third-order valence-corrected chi connectivity index (χ3v) is 5.58. The van der Waals surface area contributed by atoms with Gasteiger partial charge in [0.2, 0.25) is 0 Å². The number of aryl methyl sites for hydroxylation is 1. The molecule has 1 aromatic carbocycles. The monoisotopic (exact) mass is 374 g/mol. The Bertz CT molecular complexity index is 498. The van der Waals surface area contributed by atoms with Crippen molar-refractivity contribution in [3.8, 4) is 5.75 Å². The summed E-state index contributed by atoms with van der Waals surface area (Å²) in [6, 6.07) is 2.09. The van der Waals surface area contributed by atoms with Crippen LogP contribution in [0.4, 0.5) is 0 Å². The van der Waals surface area contributed by atoms with Crippen molar-refractivity contribution in [2.45, 2.75) is 51.5 Å². The van der Waals surface area contributed by atoms with E-state index in [2.05, 4.69) is 42.8 Å². The lowest BCUT2D eigenvalue weighted by molar-refractivity contribution is -0.0267. The Morgan fingerprint density at radius 1 is 1.38 bits per heavy atom. The fourth-order valence-corrected chi connectivity index (χ4v) is 4.24. The van der Waals surface area contributed by atoms with E-state index < -0.39 is 0 Å². The summed E-state index contributed by atoms with van der Waals surface area (Å²) >= 11 is 10.4. The van der Waals surface area contributed by atoms with Crippen molar-refractivity contribution in [3.05, 3.63) is 27.2 Å². The van der Waals surface area contributed by atoms with Crippen molar-refractivity contribution in [2.75, 3.05) is 13.7 Å². The molecule has 1 saturated carbocycles. The van der Waals surface area contributed by atoms with Gasteiger partial charge in [-0.3, -0.25) is 0 Å². The summed E-state index contributed by atoms with van der Waals surface area (Å²) in [7, 11) is 1.72. The van der Waals surface area contributed by atoms with E-state index in [9.17, 15) is 0 Å². The number of methoxy groups -OCH3 is 1. The highest BCUT2D eigenvalue weighted by atomic mass is 79.9. The van der Waals surface area contributed by atoms with Gasteiger partial charge in [0.15, 0.2) is 0 Å². The normalized spacial score (nSPS) is 22.8. The van der Waals surface area contributed by atoms with Crippen LogP contribution in [0.1, 0.15) is 48.3 Å². The zero-order chi connectivity index (χ0) is 15.6. The Kier molecular flexibility index (Phi) is 5.98. The molecule has 1 aromatic rings. The first-order chi connectivity index (χ1) is 9.97. The zero-order valence-corrected chi connectivity index (χ0v) is 15.6. The predicted octanol–water partition coefficient (Wildman–Crippen LogP) is 5.56. The molecule has 118 valence electrons. The molecule has 1 fully saturated rings. The number of ether oxygens (including phenoxy) is 2. The minimum atomic E-state index is -0.0104. The van der Waals surface area contributed by atoms with E-state index in [-0.39, 0.29) is 5.38 Å². The van der Waals surface area contributed by atoms with Gasteiger partial charge in [-0.15, -0.1) is 11.6 Å². The quantitative estimate of drug-likeness (QED) is 0.606. The minimum absolute atomic E-state index is 0.0104.